The molecule has 0 unspecified atom stereocenters. The van der Waals surface area contributed by atoms with Gasteiger partial charge in [-0.1, -0.05) is 54.6 Å². The summed E-state index contributed by atoms with van der Waals surface area (Å²) < 4.78 is 11.3. The monoisotopic (exact) mass is 389 g/mol. The number of rotatable bonds is 4. The highest BCUT2D eigenvalue weighted by Gasteiger charge is 2.74. The van der Waals surface area contributed by atoms with Crippen LogP contribution in [0.4, 0.5) is 0 Å². The van der Waals surface area contributed by atoms with Crippen LogP contribution in [-0.4, -0.2) is 23.9 Å². The van der Waals surface area contributed by atoms with Crippen LogP contribution < -0.4 is 5.32 Å². The molecule has 29 heavy (non-hydrogen) atoms. The van der Waals surface area contributed by atoms with Gasteiger partial charge in [-0.05, 0) is 23.6 Å². The molecule has 1 aliphatic carbocycles. The number of imide groups is 1. The van der Waals surface area contributed by atoms with E-state index in [4.69, 9.17) is 9.47 Å². The Morgan fingerprint density at radius 1 is 1.00 bits per heavy atom. The molecular weight excluding hydrogens is 370 g/mol. The van der Waals surface area contributed by atoms with Gasteiger partial charge >= 0.3 is 5.97 Å². The average molecular weight is 389 g/mol. The maximum Gasteiger partial charge on any atom is 0.334 e. The van der Waals surface area contributed by atoms with E-state index in [9.17, 15) is 14.4 Å². The number of fused-ring (bicyclic) bond motifs is 4. The maximum absolute atomic E-state index is 12.2. The Hall–Kier alpha value is -3.41. The van der Waals surface area contributed by atoms with E-state index >= 15 is 0 Å². The van der Waals surface area contributed by atoms with E-state index in [1.54, 1.807) is 6.92 Å². The first-order valence-electron chi connectivity index (χ1n) is 9.53. The van der Waals surface area contributed by atoms with E-state index in [2.05, 4.69) is 5.32 Å². The van der Waals surface area contributed by atoms with Crippen LogP contribution in [0.25, 0.3) is 11.1 Å². The summed E-state index contributed by atoms with van der Waals surface area (Å²) in [7, 11) is 0. The molecule has 1 saturated heterocycles. The second kappa shape index (κ2) is 6.30. The van der Waals surface area contributed by atoms with Crippen molar-refractivity contribution in [1.29, 1.82) is 0 Å². The molecule has 5 rings (SSSR count). The van der Waals surface area contributed by atoms with Gasteiger partial charge in [-0.25, -0.2) is 4.79 Å². The summed E-state index contributed by atoms with van der Waals surface area (Å²) in [6.07, 6.45) is 0.613. The van der Waals surface area contributed by atoms with Gasteiger partial charge in [-0.15, -0.1) is 0 Å². The van der Waals surface area contributed by atoms with Crippen molar-refractivity contribution in [2.45, 2.75) is 19.6 Å². The lowest BCUT2D eigenvalue weighted by atomic mass is 9.52. The Bertz CT molecular complexity index is 1040. The molecule has 2 heterocycles. The van der Waals surface area contributed by atoms with Crippen molar-refractivity contribution in [3.63, 3.8) is 0 Å². The van der Waals surface area contributed by atoms with Gasteiger partial charge in [-0.3, -0.25) is 14.9 Å². The van der Waals surface area contributed by atoms with E-state index in [0.717, 1.165) is 16.7 Å². The van der Waals surface area contributed by atoms with Crippen LogP contribution in [0.5, 0.6) is 0 Å². The molecule has 6 nitrogen and oxygen atoms in total. The molecule has 2 aromatic rings. The molecule has 0 bridgehead atoms. The number of esters is 1. The smallest absolute Gasteiger partial charge is 0.334 e. The molecule has 0 spiro atoms. The van der Waals surface area contributed by atoms with Crippen molar-refractivity contribution in [2.75, 3.05) is 0 Å². The van der Waals surface area contributed by atoms with Crippen molar-refractivity contribution in [1.82, 2.24) is 5.32 Å². The van der Waals surface area contributed by atoms with Crippen LogP contribution in [0.15, 0.2) is 66.4 Å². The van der Waals surface area contributed by atoms with Crippen molar-refractivity contribution in [3.8, 4) is 11.1 Å². The predicted molar refractivity (Wildman–Crippen MR) is 103 cm³/mol. The molecule has 1 N–H and O–H groups in total. The van der Waals surface area contributed by atoms with Gasteiger partial charge in [0.15, 0.2) is 0 Å². The zero-order valence-electron chi connectivity index (χ0n) is 15.8. The third-order valence-electron chi connectivity index (χ3n) is 6.23. The van der Waals surface area contributed by atoms with Gasteiger partial charge in [0.2, 0.25) is 11.8 Å². The average Bonchev–Trinajstić information content (AvgIpc) is 2.92. The Kier molecular flexibility index (Phi) is 3.84. The SMILES string of the molecule is C[C@@]12C(=O)NC(=O)[C@@H]1[C@@H]1C(OCc3ccc(-c4ccccc4)cc3)=CC(=O)O[C@@H]12. The Morgan fingerprint density at radius 2 is 1.69 bits per heavy atom. The van der Waals surface area contributed by atoms with Crippen molar-refractivity contribution < 1.29 is 23.9 Å². The number of amides is 2. The zero-order valence-corrected chi connectivity index (χ0v) is 15.8. The maximum atomic E-state index is 12.2. The van der Waals surface area contributed by atoms with Crippen LogP contribution in [0.2, 0.25) is 0 Å². The highest BCUT2D eigenvalue weighted by atomic mass is 16.6. The summed E-state index contributed by atoms with van der Waals surface area (Å²) >= 11 is 0. The minimum Gasteiger partial charge on any atom is -0.493 e. The molecule has 2 amide bonds. The second-order valence-electron chi connectivity index (χ2n) is 7.86. The topological polar surface area (TPSA) is 81.7 Å². The summed E-state index contributed by atoms with van der Waals surface area (Å²) in [4.78, 5) is 36.4. The standard InChI is InChI=1S/C23H19NO5/c1-23-19(21(26)24-22(23)27)18-16(11-17(25)29-20(18)23)28-12-13-7-9-15(10-8-13)14-5-3-2-4-6-14/h2-11,18-20H,12H2,1H3,(H,24,26,27)/t18-,19-,20-,23+/m0/s1. The minimum atomic E-state index is -1.02. The fourth-order valence-electron chi connectivity index (χ4n) is 4.62. The normalized spacial score (nSPS) is 29.8. The fourth-order valence-corrected chi connectivity index (χ4v) is 4.62. The molecule has 0 radical (unpaired) electrons. The fraction of sp³-hybridized carbons (Fsp3) is 0.261. The number of hydrogen-bond donors (Lipinski definition) is 1. The van der Waals surface area contributed by atoms with E-state index < -0.39 is 29.3 Å². The number of carbonyl (C=O) groups excluding carboxylic acids is 3. The number of carbonyl (C=O) groups is 3. The van der Waals surface area contributed by atoms with Crippen LogP contribution in [0.3, 0.4) is 0 Å². The summed E-state index contributed by atoms with van der Waals surface area (Å²) in [5.41, 5.74) is 2.16. The Morgan fingerprint density at radius 3 is 2.41 bits per heavy atom. The Balaban J connectivity index is 1.33. The van der Waals surface area contributed by atoms with E-state index in [0.29, 0.717) is 5.76 Å². The molecule has 146 valence electrons. The van der Waals surface area contributed by atoms with Crippen LogP contribution in [0.1, 0.15) is 12.5 Å². The predicted octanol–water partition coefficient (Wildman–Crippen LogP) is 2.59. The molecular formula is C23H19NO5. The first kappa shape index (κ1) is 17.7. The highest BCUT2D eigenvalue weighted by Crippen LogP contribution is 2.59. The minimum absolute atomic E-state index is 0.260. The van der Waals surface area contributed by atoms with Crippen LogP contribution in [-0.2, 0) is 30.5 Å². The summed E-state index contributed by atoms with van der Waals surface area (Å²) in [6.45, 7) is 1.92. The van der Waals surface area contributed by atoms with Gasteiger partial charge in [0.1, 0.15) is 18.5 Å². The van der Waals surface area contributed by atoms with Crippen LogP contribution >= 0.6 is 0 Å². The number of benzene rings is 2. The third-order valence-corrected chi connectivity index (χ3v) is 6.23. The van der Waals surface area contributed by atoms with Crippen LogP contribution in [0, 0.1) is 17.3 Å². The van der Waals surface area contributed by atoms with Gasteiger partial charge < -0.3 is 9.47 Å². The molecule has 4 atom stereocenters. The van der Waals surface area contributed by atoms with E-state index in [-0.39, 0.29) is 18.4 Å². The molecule has 1 saturated carbocycles. The number of nitrogens with one attached hydrogen (secondary N) is 1. The quantitative estimate of drug-likeness (QED) is 0.642. The summed E-state index contributed by atoms with van der Waals surface area (Å²) in [5.74, 6) is -1.86. The van der Waals surface area contributed by atoms with E-state index in [1.807, 2.05) is 54.6 Å². The lowest BCUT2D eigenvalue weighted by Crippen LogP contribution is -2.64. The second-order valence-corrected chi connectivity index (χ2v) is 7.86. The van der Waals surface area contributed by atoms with Gasteiger partial charge in [0, 0.05) is 0 Å². The first-order valence-corrected chi connectivity index (χ1v) is 9.53. The first-order chi connectivity index (χ1) is 14.0. The molecule has 2 aromatic carbocycles. The lowest BCUT2D eigenvalue weighted by molar-refractivity contribution is -0.199. The van der Waals surface area contributed by atoms with Gasteiger partial charge in [-0.2, -0.15) is 0 Å². The zero-order chi connectivity index (χ0) is 20.2. The molecule has 3 aliphatic rings. The summed E-state index contributed by atoms with van der Waals surface area (Å²) in [6, 6.07) is 18.0. The lowest BCUT2D eigenvalue weighted by Gasteiger charge is -2.53. The van der Waals surface area contributed by atoms with Crippen molar-refractivity contribution in [2.24, 2.45) is 17.3 Å². The van der Waals surface area contributed by atoms with Gasteiger partial charge in [0.05, 0.1) is 23.3 Å². The third kappa shape index (κ3) is 2.59. The van der Waals surface area contributed by atoms with Crippen molar-refractivity contribution in [3.05, 3.63) is 72.0 Å². The van der Waals surface area contributed by atoms with E-state index in [1.165, 1.54) is 6.08 Å². The molecule has 6 heteroatoms. The molecule has 0 aromatic heterocycles. The van der Waals surface area contributed by atoms with Crippen molar-refractivity contribution >= 4 is 17.8 Å². The number of ether oxygens (including phenoxy) is 2. The molecule has 2 fully saturated rings. The largest absolute Gasteiger partial charge is 0.493 e. The number of hydrogen-bond acceptors (Lipinski definition) is 5. The summed E-state index contributed by atoms with van der Waals surface area (Å²) in [5, 5.41) is 2.35. The van der Waals surface area contributed by atoms with Gasteiger partial charge in [0.25, 0.3) is 0 Å². The molecule has 2 aliphatic heterocycles. The Labute approximate surface area is 167 Å². The highest BCUT2D eigenvalue weighted by molar-refractivity contribution is 6.10.